The summed E-state index contributed by atoms with van der Waals surface area (Å²) in [5.41, 5.74) is 0.409. The van der Waals surface area contributed by atoms with Crippen LogP contribution < -0.4 is 10.9 Å². The lowest BCUT2D eigenvalue weighted by molar-refractivity contribution is -0.0503. The van der Waals surface area contributed by atoms with Gasteiger partial charge in [-0.15, -0.1) is 0 Å². The highest BCUT2D eigenvalue weighted by atomic mass is 31.3. The minimum Gasteiger partial charge on any atom is -0.387 e. The number of aliphatic hydroxyl groups excluding tert-OH is 2. The lowest BCUT2D eigenvalue weighted by Crippen LogP contribution is -2.33. The second kappa shape index (κ2) is 9.33. The number of hydrogen-bond acceptors (Lipinski definition) is 14. The highest BCUT2D eigenvalue weighted by Gasteiger charge is 2.47. The fraction of sp³-hybridized carbons (Fsp3) is 0.545. The van der Waals surface area contributed by atoms with Crippen molar-refractivity contribution in [2.24, 2.45) is 5.84 Å². The molecule has 8 N–H and O–H groups in total. The van der Waals surface area contributed by atoms with Gasteiger partial charge >= 0.3 is 23.5 Å². The molecule has 1 aliphatic heterocycles. The van der Waals surface area contributed by atoms with Crippen LogP contribution in [0.2, 0.25) is 0 Å². The maximum atomic E-state index is 11.8. The zero-order chi connectivity index (χ0) is 24.8. The molecule has 1 aliphatic rings. The average Bonchev–Trinajstić information content (AvgIpc) is 3.19. The Kier molecular flexibility index (Phi) is 7.41. The van der Waals surface area contributed by atoms with Crippen LogP contribution in [0.25, 0.3) is 11.2 Å². The van der Waals surface area contributed by atoms with Crippen molar-refractivity contribution in [3.8, 4) is 0 Å². The minimum atomic E-state index is -5.71. The van der Waals surface area contributed by atoms with Crippen LogP contribution in [0.3, 0.4) is 0 Å². The summed E-state index contributed by atoms with van der Waals surface area (Å²) in [6, 6.07) is 0. The molecule has 1 saturated heterocycles. The number of rotatable bonds is 9. The summed E-state index contributed by atoms with van der Waals surface area (Å²) in [4.78, 5) is 47.8. The zero-order valence-electron chi connectivity index (χ0n) is 16.4. The first-order valence-corrected chi connectivity index (χ1v) is 13.1. The van der Waals surface area contributed by atoms with E-state index in [0.717, 1.165) is 0 Å². The van der Waals surface area contributed by atoms with Crippen molar-refractivity contribution in [3.63, 3.8) is 0 Å². The number of hydrogen-bond donors (Lipinski definition) is 7. The molecule has 2 unspecified atom stereocenters. The number of nitrogens with two attached hydrogens (primary N) is 1. The van der Waals surface area contributed by atoms with Gasteiger partial charge in [0.25, 0.3) is 0 Å². The topological polar surface area (TPSA) is 282 Å². The normalized spacial score (nSPS) is 27.4. The molecule has 33 heavy (non-hydrogen) atoms. The van der Waals surface area contributed by atoms with Gasteiger partial charge in [0, 0.05) is 7.05 Å². The Morgan fingerprint density at radius 3 is 2.36 bits per heavy atom. The number of aliphatic hydroxyl groups is 2. The SMILES string of the molecule is CN(N)c1ncnc2c1ncn2[C@@H]1O[C@H](COP(=O)(O)OP(=O)(O)OP(=O)(O)O)[C@@H](O)[C@H]1O. The van der Waals surface area contributed by atoms with Crippen LogP contribution in [0.15, 0.2) is 12.7 Å². The third-order valence-electron chi connectivity index (χ3n) is 4.10. The van der Waals surface area contributed by atoms with E-state index in [1.54, 1.807) is 0 Å². The van der Waals surface area contributed by atoms with E-state index in [-0.39, 0.29) is 17.0 Å². The predicted octanol–water partition coefficient (Wildman–Crippen LogP) is -1.90. The summed E-state index contributed by atoms with van der Waals surface area (Å²) >= 11 is 0. The molecule has 22 heteroatoms. The second-order valence-electron chi connectivity index (χ2n) is 6.57. The summed E-state index contributed by atoms with van der Waals surface area (Å²) in [6.45, 7) is -0.961. The Hall–Kier alpha value is -1.40. The van der Waals surface area contributed by atoms with Crippen molar-refractivity contribution in [2.75, 3.05) is 18.7 Å². The summed E-state index contributed by atoms with van der Waals surface area (Å²) in [7, 11) is -15.2. The molecule has 0 spiro atoms. The number of phosphoric ester groups is 1. The van der Waals surface area contributed by atoms with E-state index in [4.69, 9.17) is 25.3 Å². The highest BCUT2D eigenvalue weighted by molar-refractivity contribution is 7.66. The van der Waals surface area contributed by atoms with Gasteiger partial charge < -0.3 is 34.5 Å². The predicted molar refractivity (Wildman–Crippen MR) is 104 cm³/mol. The average molecular weight is 536 g/mol. The minimum absolute atomic E-state index is 0.169. The van der Waals surface area contributed by atoms with Crippen molar-refractivity contribution in [2.45, 2.75) is 24.5 Å². The standard InChI is InChI=1S/C11H19N6O13P3/c1-16(12)9-6-10(14-3-13-9)17(4-15-6)11-8(19)7(18)5(28-11)2-27-32(23,24)30-33(25,26)29-31(20,21)22/h3-5,7-8,11,18-19H,2,12H2,1H3,(H,23,24)(H,25,26)(H2,20,21,22)/t5-,7-,8-,11-/m1/s1. The number of aromatic nitrogens is 4. The van der Waals surface area contributed by atoms with Crippen LogP contribution in [0, 0.1) is 0 Å². The van der Waals surface area contributed by atoms with Gasteiger partial charge in [-0.3, -0.25) is 14.1 Å². The fourth-order valence-electron chi connectivity index (χ4n) is 2.85. The molecule has 0 bridgehead atoms. The van der Waals surface area contributed by atoms with E-state index in [1.165, 1.54) is 29.3 Å². The van der Waals surface area contributed by atoms with Gasteiger partial charge in [0.05, 0.1) is 12.9 Å². The van der Waals surface area contributed by atoms with Crippen molar-refractivity contribution in [1.82, 2.24) is 19.5 Å². The maximum absolute atomic E-state index is 11.8. The summed E-state index contributed by atoms with van der Waals surface area (Å²) in [5.74, 6) is 5.92. The van der Waals surface area contributed by atoms with Crippen LogP contribution in [0.4, 0.5) is 5.82 Å². The number of nitrogens with zero attached hydrogens (tertiary/aromatic N) is 5. The molecule has 0 radical (unpaired) electrons. The molecule has 3 heterocycles. The number of fused-ring (bicyclic) bond motifs is 1. The van der Waals surface area contributed by atoms with Gasteiger partial charge in [-0.1, -0.05) is 0 Å². The lowest BCUT2D eigenvalue weighted by atomic mass is 10.1. The van der Waals surface area contributed by atoms with Crippen molar-refractivity contribution in [3.05, 3.63) is 12.7 Å². The highest BCUT2D eigenvalue weighted by Crippen LogP contribution is 2.66. The number of phosphoric acid groups is 3. The first kappa shape index (κ1) is 26.2. The van der Waals surface area contributed by atoms with E-state index >= 15 is 0 Å². The molecule has 3 rings (SSSR count). The molecule has 0 amide bonds. The fourth-order valence-corrected chi connectivity index (χ4v) is 5.88. The summed E-state index contributed by atoms with van der Waals surface area (Å²) in [5, 5.41) is 21.8. The van der Waals surface area contributed by atoms with Crippen LogP contribution in [0.5, 0.6) is 0 Å². The molecule has 1 fully saturated rings. The van der Waals surface area contributed by atoms with Crippen LogP contribution in [0.1, 0.15) is 6.23 Å². The van der Waals surface area contributed by atoms with Gasteiger partial charge in [-0.05, 0) is 0 Å². The zero-order valence-corrected chi connectivity index (χ0v) is 19.1. The first-order chi connectivity index (χ1) is 15.1. The van der Waals surface area contributed by atoms with Gasteiger partial charge in [0.2, 0.25) is 0 Å². The molecule has 186 valence electrons. The van der Waals surface area contributed by atoms with Crippen LogP contribution >= 0.6 is 23.5 Å². The number of imidazole rings is 1. The number of hydrazine groups is 1. The molecular weight excluding hydrogens is 517 g/mol. The summed E-state index contributed by atoms with van der Waals surface area (Å²) in [6.07, 6.45) is -3.66. The third kappa shape index (κ3) is 6.19. The Balaban J connectivity index is 1.72. The van der Waals surface area contributed by atoms with Crippen molar-refractivity contribution in [1.29, 1.82) is 0 Å². The summed E-state index contributed by atoms with van der Waals surface area (Å²) < 4.78 is 52.2. The molecule has 2 aromatic heterocycles. The first-order valence-electron chi connectivity index (χ1n) is 8.56. The number of ether oxygens (including phenoxy) is 1. The van der Waals surface area contributed by atoms with Gasteiger partial charge in [0.1, 0.15) is 24.6 Å². The van der Waals surface area contributed by atoms with E-state index < -0.39 is 54.6 Å². The molecule has 6 atom stereocenters. The van der Waals surface area contributed by atoms with Crippen LogP contribution in [-0.2, 0) is 31.6 Å². The van der Waals surface area contributed by atoms with Gasteiger partial charge in [-0.25, -0.2) is 34.5 Å². The quantitative estimate of drug-likeness (QED) is 0.105. The monoisotopic (exact) mass is 536 g/mol. The molecular formula is C11H19N6O13P3. The number of anilines is 1. The lowest BCUT2D eigenvalue weighted by Gasteiger charge is -2.19. The van der Waals surface area contributed by atoms with Crippen molar-refractivity contribution < 1.29 is 61.4 Å². The largest absolute Gasteiger partial charge is 0.490 e. The van der Waals surface area contributed by atoms with E-state index in [2.05, 4.69) is 28.1 Å². The van der Waals surface area contributed by atoms with Crippen molar-refractivity contribution >= 4 is 40.4 Å². The molecule has 0 aromatic carbocycles. The molecule has 0 saturated carbocycles. The third-order valence-corrected chi connectivity index (χ3v) is 7.91. The van der Waals surface area contributed by atoms with Gasteiger partial charge in [-0.2, -0.15) is 8.62 Å². The Morgan fingerprint density at radius 2 is 1.76 bits per heavy atom. The Bertz CT molecular complexity index is 1150. The van der Waals surface area contributed by atoms with E-state index in [0.29, 0.717) is 0 Å². The second-order valence-corrected chi connectivity index (χ2v) is 11.0. The Labute approximate surface area is 183 Å². The smallest absolute Gasteiger partial charge is 0.387 e. The molecule has 19 nitrogen and oxygen atoms in total. The maximum Gasteiger partial charge on any atom is 0.490 e. The van der Waals surface area contributed by atoms with E-state index in [9.17, 15) is 28.8 Å². The van der Waals surface area contributed by atoms with Gasteiger partial charge in [0.15, 0.2) is 23.2 Å². The Morgan fingerprint density at radius 1 is 1.09 bits per heavy atom. The van der Waals surface area contributed by atoms with Crippen LogP contribution in [-0.4, -0.2) is 81.3 Å². The van der Waals surface area contributed by atoms with E-state index in [1.807, 2.05) is 0 Å². The molecule has 0 aliphatic carbocycles. The molecule has 2 aromatic rings.